The number of halogens is 2. The summed E-state index contributed by atoms with van der Waals surface area (Å²) in [5, 5.41) is 0.744. The number of thioether (sulfide) groups is 1. The molecule has 2 fully saturated rings. The fraction of sp³-hybridized carbons (Fsp3) is 0.529. The third kappa shape index (κ3) is 3.68. The summed E-state index contributed by atoms with van der Waals surface area (Å²) in [6.45, 7) is 4.03. The molecular formula is C17H20Cl2N2O2S. The zero-order chi connectivity index (χ0) is 17.3. The smallest absolute Gasteiger partial charge is 0.236 e. The molecule has 0 bridgehead atoms. The Morgan fingerprint density at radius 2 is 1.96 bits per heavy atom. The van der Waals surface area contributed by atoms with Crippen molar-refractivity contribution in [2.75, 3.05) is 19.6 Å². The van der Waals surface area contributed by atoms with E-state index < -0.39 is 0 Å². The summed E-state index contributed by atoms with van der Waals surface area (Å²) in [7, 11) is 0. The van der Waals surface area contributed by atoms with Crippen molar-refractivity contribution >= 4 is 46.8 Å². The molecule has 24 heavy (non-hydrogen) atoms. The maximum Gasteiger partial charge on any atom is 0.236 e. The Balaban J connectivity index is 1.71. The molecular weight excluding hydrogens is 367 g/mol. The van der Waals surface area contributed by atoms with Crippen LogP contribution in [0.25, 0.3) is 0 Å². The van der Waals surface area contributed by atoms with Gasteiger partial charge in [-0.15, -0.1) is 11.8 Å². The Labute approximate surface area is 156 Å². The van der Waals surface area contributed by atoms with E-state index in [9.17, 15) is 9.59 Å². The van der Waals surface area contributed by atoms with Crippen molar-refractivity contribution in [3.63, 3.8) is 0 Å². The minimum Gasteiger partial charge on any atom is -0.343 e. The van der Waals surface area contributed by atoms with Gasteiger partial charge in [-0.1, -0.05) is 29.3 Å². The van der Waals surface area contributed by atoms with Gasteiger partial charge in [0.15, 0.2) is 0 Å². The highest BCUT2D eigenvalue weighted by Crippen LogP contribution is 2.44. The fourth-order valence-electron chi connectivity index (χ4n) is 3.17. The highest BCUT2D eigenvalue weighted by molar-refractivity contribution is 8.01. The van der Waals surface area contributed by atoms with Crippen LogP contribution >= 0.6 is 35.0 Å². The third-order valence-electron chi connectivity index (χ3n) is 4.50. The summed E-state index contributed by atoms with van der Waals surface area (Å²) in [5.74, 6) is 0.211. The number of rotatable bonds is 4. The predicted molar refractivity (Wildman–Crippen MR) is 98.4 cm³/mol. The van der Waals surface area contributed by atoms with E-state index in [0.29, 0.717) is 23.0 Å². The maximum atomic E-state index is 12.5. The number of likely N-dealkylation sites (tertiary alicyclic amines) is 1. The summed E-state index contributed by atoms with van der Waals surface area (Å²) in [6, 6.07) is 5.45. The fourth-order valence-corrected chi connectivity index (χ4v) is 4.77. The van der Waals surface area contributed by atoms with Gasteiger partial charge in [0.2, 0.25) is 11.8 Å². The van der Waals surface area contributed by atoms with Crippen LogP contribution < -0.4 is 0 Å². The van der Waals surface area contributed by atoms with E-state index in [2.05, 4.69) is 0 Å². The van der Waals surface area contributed by atoms with Crippen molar-refractivity contribution < 1.29 is 9.59 Å². The van der Waals surface area contributed by atoms with Crippen molar-refractivity contribution in [1.29, 1.82) is 0 Å². The molecule has 2 saturated heterocycles. The number of carbonyl (C=O) groups excluding carboxylic acids is 2. The van der Waals surface area contributed by atoms with Gasteiger partial charge >= 0.3 is 0 Å². The zero-order valence-corrected chi connectivity index (χ0v) is 15.8. The van der Waals surface area contributed by atoms with Gasteiger partial charge in [0.1, 0.15) is 5.37 Å². The van der Waals surface area contributed by atoms with Gasteiger partial charge in [0.05, 0.1) is 15.3 Å². The molecule has 2 amide bonds. The summed E-state index contributed by atoms with van der Waals surface area (Å²) in [4.78, 5) is 28.5. The molecule has 2 atom stereocenters. The van der Waals surface area contributed by atoms with Crippen LogP contribution in [0.4, 0.5) is 0 Å². The standard InChI is InChI=1S/C17H20Cl2N2O2S/c1-11-16(23)21(9-6-15(22)20-7-2-3-8-20)17(24-11)12-4-5-13(18)14(19)10-12/h4-5,10-11,17H,2-3,6-9H2,1H3/t11-,17-/m0/s1. The Morgan fingerprint density at radius 1 is 1.25 bits per heavy atom. The van der Waals surface area contributed by atoms with Gasteiger partial charge < -0.3 is 9.80 Å². The molecule has 0 spiro atoms. The molecule has 3 rings (SSSR count). The monoisotopic (exact) mass is 386 g/mol. The van der Waals surface area contributed by atoms with Crippen molar-refractivity contribution in [2.45, 2.75) is 36.8 Å². The second-order valence-electron chi connectivity index (χ2n) is 6.17. The molecule has 0 radical (unpaired) electrons. The normalized spacial score (nSPS) is 24.0. The lowest BCUT2D eigenvalue weighted by Crippen LogP contribution is -2.35. The van der Waals surface area contributed by atoms with Crippen LogP contribution in [0, 0.1) is 0 Å². The van der Waals surface area contributed by atoms with Gasteiger partial charge in [-0.25, -0.2) is 0 Å². The minimum absolute atomic E-state index is 0.0743. The molecule has 0 aliphatic carbocycles. The first-order valence-electron chi connectivity index (χ1n) is 8.16. The molecule has 7 heteroatoms. The van der Waals surface area contributed by atoms with Crippen molar-refractivity contribution in [3.8, 4) is 0 Å². The van der Waals surface area contributed by atoms with Crippen LogP contribution in [0.3, 0.4) is 0 Å². The number of hydrogen-bond acceptors (Lipinski definition) is 3. The van der Waals surface area contributed by atoms with Gasteiger partial charge in [-0.3, -0.25) is 9.59 Å². The van der Waals surface area contributed by atoms with Gasteiger partial charge in [0.25, 0.3) is 0 Å². The highest BCUT2D eigenvalue weighted by atomic mass is 35.5. The number of amides is 2. The largest absolute Gasteiger partial charge is 0.343 e. The molecule has 0 unspecified atom stereocenters. The molecule has 1 aromatic carbocycles. The van der Waals surface area contributed by atoms with Crippen molar-refractivity contribution in [3.05, 3.63) is 33.8 Å². The molecule has 2 aliphatic heterocycles. The molecule has 130 valence electrons. The lowest BCUT2D eigenvalue weighted by Gasteiger charge is -2.25. The van der Waals surface area contributed by atoms with Gasteiger partial charge in [0, 0.05) is 26.1 Å². The Bertz CT molecular complexity index is 649. The SMILES string of the molecule is C[C@@H]1S[C@@H](c2ccc(Cl)c(Cl)c2)N(CCC(=O)N2CCCC2)C1=O. The van der Waals surface area contributed by atoms with Crippen LogP contribution in [0.1, 0.15) is 37.1 Å². The number of hydrogen-bond donors (Lipinski definition) is 0. The summed E-state index contributed by atoms with van der Waals surface area (Å²) in [5.41, 5.74) is 0.945. The average molecular weight is 387 g/mol. The van der Waals surface area contributed by atoms with Crippen molar-refractivity contribution in [1.82, 2.24) is 9.80 Å². The molecule has 2 aliphatic rings. The maximum absolute atomic E-state index is 12.5. The Kier molecular flexibility index (Phi) is 5.63. The first-order chi connectivity index (χ1) is 11.5. The average Bonchev–Trinajstić information content (AvgIpc) is 3.18. The molecule has 0 saturated carbocycles. The van der Waals surface area contributed by atoms with Crippen LogP contribution in [0.5, 0.6) is 0 Å². The van der Waals surface area contributed by atoms with E-state index in [1.807, 2.05) is 24.0 Å². The Hall–Kier alpha value is -0.910. The molecule has 4 nitrogen and oxygen atoms in total. The first kappa shape index (κ1) is 17.9. The molecule has 1 aromatic rings. The van der Waals surface area contributed by atoms with E-state index in [4.69, 9.17) is 23.2 Å². The number of carbonyl (C=O) groups is 2. The lowest BCUT2D eigenvalue weighted by atomic mass is 10.2. The zero-order valence-electron chi connectivity index (χ0n) is 13.5. The van der Waals surface area contributed by atoms with E-state index in [-0.39, 0.29) is 22.4 Å². The second kappa shape index (κ2) is 7.54. The molecule has 0 N–H and O–H groups in total. The van der Waals surface area contributed by atoms with Crippen LogP contribution in [-0.4, -0.2) is 46.5 Å². The summed E-state index contributed by atoms with van der Waals surface area (Å²) in [6.07, 6.45) is 2.52. The van der Waals surface area contributed by atoms with E-state index >= 15 is 0 Å². The van der Waals surface area contributed by atoms with Gasteiger partial charge in [-0.2, -0.15) is 0 Å². The summed E-state index contributed by atoms with van der Waals surface area (Å²) >= 11 is 13.7. The first-order valence-corrected chi connectivity index (χ1v) is 9.86. The van der Waals surface area contributed by atoms with Crippen LogP contribution in [-0.2, 0) is 9.59 Å². The topological polar surface area (TPSA) is 40.6 Å². The van der Waals surface area contributed by atoms with E-state index in [1.54, 1.807) is 22.7 Å². The molecule has 2 heterocycles. The van der Waals surface area contributed by atoms with Gasteiger partial charge in [-0.05, 0) is 37.5 Å². The molecule has 0 aromatic heterocycles. The predicted octanol–water partition coefficient (Wildman–Crippen LogP) is 3.97. The van der Waals surface area contributed by atoms with Crippen LogP contribution in [0.15, 0.2) is 18.2 Å². The number of benzene rings is 1. The third-order valence-corrected chi connectivity index (χ3v) is 6.63. The van der Waals surface area contributed by atoms with Crippen molar-refractivity contribution in [2.24, 2.45) is 0 Å². The summed E-state index contributed by atoms with van der Waals surface area (Å²) < 4.78 is 0. The minimum atomic E-state index is -0.119. The van der Waals surface area contributed by atoms with E-state index in [1.165, 1.54) is 0 Å². The van der Waals surface area contributed by atoms with E-state index in [0.717, 1.165) is 31.5 Å². The van der Waals surface area contributed by atoms with Crippen LogP contribution in [0.2, 0.25) is 10.0 Å². The lowest BCUT2D eigenvalue weighted by molar-refractivity contribution is -0.133. The second-order valence-corrected chi connectivity index (χ2v) is 8.41. The Morgan fingerprint density at radius 3 is 2.62 bits per heavy atom. The highest BCUT2D eigenvalue weighted by Gasteiger charge is 2.38. The number of nitrogens with zero attached hydrogens (tertiary/aromatic N) is 2. The quantitative estimate of drug-likeness (QED) is 0.785.